The summed E-state index contributed by atoms with van der Waals surface area (Å²) in [6.45, 7) is 0. The molecule has 0 aromatic carbocycles. The fraction of sp³-hybridized carbons (Fsp3) is 0.0909. The molecule has 0 fully saturated rings. The molecule has 4 nitrogen and oxygen atoms in total. The summed E-state index contributed by atoms with van der Waals surface area (Å²) in [7, 11) is 0. The lowest BCUT2D eigenvalue weighted by atomic mass is 10.1. The highest BCUT2D eigenvalue weighted by molar-refractivity contribution is 5.96. The van der Waals surface area contributed by atoms with Gasteiger partial charge in [-0.05, 0) is 18.2 Å². The first-order chi connectivity index (χ1) is 7.36. The molecule has 0 amide bonds. The minimum absolute atomic E-state index is 0.00333. The minimum atomic E-state index is 0.00333. The van der Waals surface area contributed by atoms with Crippen molar-refractivity contribution < 1.29 is 4.79 Å². The van der Waals surface area contributed by atoms with Crippen LogP contribution in [0.15, 0.2) is 42.9 Å². The molecule has 0 atom stereocenters. The summed E-state index contributed by atoms with van der Waals surface area (Å²) in [5, 5.41) is 7.27. The van der Waals surface area contributed by atoms with E-state index in [1.807, 2.05) is 18.2 Å². The SMILES string of the molecule is O=C(Cc1ccccn1)c1ccnnc1. The monoisotopic (exact) mass is 199 g/mol. The molecule has 0 spiro atoms. The molecule has 0 aliphatic heterocycles. The molecule has 0 aliphatic rings. The van der Waals surface area contributed by atoms with Gasteiger partial charge < -0.3 is 0 Å². The molecule has 0 bridgehead atoms. The Bertz CT molecular complexity index is 442. The summed E-state index contributed by atoms with van der Waals surface area (Å²) in [6.07, 6.45) is 4.94. The molecule has 2 aromatic heterocycles. The second-order valence-electron chi connectivity index (χ2n) is 3.05. The van der Waals surface area contributed by atoms with E-state index in [0.29, 0.717) is 12.0 Å². The number of Topliss-reactive ketones (excluding diaryl/α,β-unsaturated/α-hetero) is 1. The molecule has 2 rings (SSSR count). The van der Waals surface area contributed by atoms with Gasteiger partial charge in [0.2, 0.25) is 0 Å². The zero-order chi connectivity index (χ0) is 10.5. The van der Waals surface area contributed by atoms with Crippen molar-refractivity contribution in [3.63, 3.8) is 0 Å². The summed E-state index contributed by atoms with van der Waals surface area (Å²) in [5.74, 6) is 0.00333. The van der Waals surface area contributed by atoms with Crippen molar-refractivity contribution in [2.45, 2.75) is 6.42 Å². The fourth-order valence-corrected chi connectivity index (χ4v) is 1.22. The molecular weight excluding hydrogens is 190 g/mol. The van der Waals surface area contributed by atoms with Crippen molar-refractivity contribution in [2.24, 2.45) is 0 Å². The third-order valence-electron chi connectivity index (χ3n) is 1.97. The largest absolute Gasteiger partial charge is 0.294 e. The van der Waals surface area contributed by atoms with Gasteiger partial charge in [-0.1, -0.05) is 6.07 Å². The van der Waals surface area contributed by atoms with E-state index in [4.69, 9.17) is 0 Å². The topological polar surface area (TPSA) is 55.7 Å². The van der Waals surface area contributed by atoms with Crippen LogP contribution >= 0.6 is 0 Å². The third-order valence-corrected chi connectivity index (χ3v) is 1.97. The molecule has 0 saturated carbocycles. The van der Waals surface area contributed by atoms with Crippen molar-refractivity contribution in [1.29, 1.82) is 0 Å². The summed E-state index contributed by atoms with van der Waals surface area (Å²) in [6, 6.07) is 7.16. The van der Waals surface area contributed by atoms with Gasteiger partial charge in [-0.15, -0.1) is 0 Å². The molecule has 0 radical (unpaired) electrons. The van der Waals surface area contributed by atoms with E-state index < -0.39 is 0 Å². The minimum Gasteiger partial charge on any atom is -0.294 e. The summed E-state index contributed by atoms with van der Waals surface area (Å²) < 4.78 is 0. The fourth-order valence-electron chi connectivity index (χ4n) is 1.22. The van der Waals surface area contributed by atoms with Crippen molar-refractivity contribution in [1.82, 2.24) is 15.2 Å². The van der Waals surface area contributed by atoms with Crippen LogP contribution in [0, 0.1) is 0 Å². The maximum Gasteiger partial charge on any atom is 0.170 e. The number of aromatic nitrogens is 3. The lowest BCUT2D eigenvalue weighted by Gasteiger charge is -1.98. The average Bonchev–Trinajstić information content (AvgIpc) is 2.31. The molecule has 74 valence electrons. The van der Waals surface area contributed by atoms with E-state index in [9.17, 15) is 4.79 Å². The number of carbonyl (C=O) groups excluding carboxylic acids is 1. The highest BCUT2D eigenvalue weighted by atomic mass is 16.1. The second-order valence-corrected chi connectivity index (χ2v) is 3.05. The number of pyridine rings is 1. The lowest BCUT2D eigenvalue weighted by molar-refractivity contribution is 0.0991. The number of hydrogen-bond acceptors (Lipinski definition) is 4. The standard InChI is InChI=1S/C11H9N3O/c15-11(9-4-6-13-14-8-9)7-10-3-1-2-5-12-10/h1-6,8H,7H2. The van der Waals surface area contributed by atoms with Crippen molar-refractivity contribution in [3.05, 3.63) is 54.1 Å². The molecule has 2 aromatic rings. The van der Waals surface area contributed by atoms with Gasteiger partial charge in [-0.2, -0.15) is 10.2 Å². The van der Waals surface area contributed by atoms with Crippen LogP contribution in [0.4, 0.5) is 0 Å². The van der Waals surface area contributed by atoms with Gasteiger partial charge in [0.15, 0.2) is 5.78 Å². The van der Waals surface area contributed by atoms with E-state index in [1.54, 1.807) is 12.3 Å². The maximum atomic E-state index is 11.7. The summed E-state index contributed by atoms with van der Waals surface area (Å²) in [5.41, 5.74) is 1.33. The molecular formula is C11H9N3O. The Kier molecular flexibility index (Phi) is 2.78. The first kappa shape index (κ1) is 9.45. The lowest BCUT2D eigenvalue weighted by Crippen LogP contribution is -2.05. The van der Waals surface area contributed by atoms with Gasteiger partial charge in [0, 0.05) is 17.5 Å². The van der Waals surface area contributed by atoms with Crippen LogP contribution in [-0.4, -0.2) is 21.0 Å². The molecule has 4 heteroatoms. The number of hydrogen-bond donors (Lipinski definition) is 0. The quantitative estimate of drug-likeness (QED) is 0.699. The Morgan fingerprint density at radius 3 is 2.73 bits per heavy atom. The summed E-state index contributed by atoms with van der Waals surface area (Å²) in [4.78, 5) is 15.8. The van der Waals surface area contributed by atoms with E-state index in [2.05, 4.69) is 15.2 Å². The van der Waals surface area contributed by atoms with E-state index in [-0.39, 0.29) is 5.78 Å². The normalized spacial score (nSPS) is 9.87. The highest BCUT2D eigenvalue weighted by Gasteiger charge is 2.07. The molecule has 0 aliphatic carbocycles. The van der Waals surface area contributed by atoms with Crippen LogP contribution in [0.5, 0.6) is 0 Å². The van der Waals surface area contributed by atoms with E-state index in [1.165, 1.54) is 12.4 Å². The molecule has 0 unspecified atom stereocenters. The maximum absolute atomic E-state index is 11.7. The number of ketones is 1. The molecule has 2 heterocycles. The first-order valence-electron chi connectivity index (χ1n) is 4.56. The Hall–Kier alpha value is -2.10. The van der Waals surface area contributed by atoms with Gasteiger partial charge in [0.05, 0.1) is 18.8 Å². The van der Waals surface area contributed by atoms with Gasteiger partial charge in [-0.25, -0.2) is 0 Å². The predicted molar refractivity (Wildman–Crippen MR) is 54.3 cm³/mol. The zero-order valence-electron chi connectivity index (χ0n) is 8.00. The third kappa shape index (κ3) is 2.43. The zero-order valence-corrected chi connectivity index (χ0v) is 8.00. The van der Waals surface area contributed by atoms with Gasteiger partial charge in [0.25, 0.3) is 0 Å². The molecule has 0 N–H and O–H groups in total. The highest BCUT2D eigenvalue weighted by Crippen LogP contribution is 2.02. The van der Waals surface area contributed by atoms with Crippen molar-refractivity contribution >= 4 is 5.78 Å². The number of nitrogens with zero attached hydrogens (tertiary/aromatic N) is 3. The smallest absolute Gasteiger partial charge is 0.170 e. The Balaban J connectivity index is 2.12. The van der Waals surface area contributed by atoms with Crippen LogP contribution in [-0.2, 0) is 6.42 Å². The van der Waals surface area contributed by atoms with Crippen LogP contribution in [0.3, 0.4) is 0 Å². The Labute approximate surface area is 87.0 Å². The van der Waals surface area contributed by atoms with Crippen LogP contribution in [0.1, 0.15) is 16.1 Å². The van der Waals surface area contributed by atoms with Crippen LogP contribution in [0.25, 0.3) is 0 Å². The van der Waals surface area contributed by atoms with Gasteiger partial charge >= 0.3 is 0 Å². The first-order valence-corrected chi connectivity index (χ1v) is 4.56. The molecule has 0 saturated heterocycles. The molecule has 15 heavy (non-hydrogen) atoms. The second kappa shape index (κ2) is 4.41. The van der Waals surface area contributed by atoms with Crippen LogP contribution in [0.2, 0.25) is 0 Å². The number of rotatable bonds is 3. The van der Waals surface area contributed by atoms with E-state index in [0.717, 1.165) is 5.69 Å². The summed E-state index contributed by atoms with van der Waals surface area (Å²) >= 11 is 0. The predicted octanol–water partition coefficient (Wildman–Crippen LogP) is 1.30. The van der Waals surface area contributed by atoms with Crippen molar-refractivity contribution in [2.75, 3.05) is 0 Å². The van der Waals surface area contributed by atoms with Gasteiger partial charge in [0.1, 0.15) is 0 Å². The van der Waals surface area contributed by atoms with Crippen molar-refractivity contribution in [3.8, 4) is 0 Å². The Morgan fingerprint density at radius 2 is 2.07 bits per heavy atom. The Morgan fingerprint density at radius 1 is 1.13 bits per heavy atom. The van der Waals surface area contributed by atoms with Gasteiger partial charge in [-0.3, -0.25) is 9.78 Å². The average molecular weight is 199 g/mol. The van der Waals surface area contributed by atoms with E-state index >= 15 is 0 Å². The number of carbonyl (C=O) groups is 1. The van der Waals surface area contributed by atoms with Crippen LogP contribution < -0.4 is 0 Å².